The second-order valence-electron chi connectivity index (χ2n) is 5.01. The van der Waals surface area contributed by atoms with Crippen LogP contribution in [0.5, 0.6) is 0 Å². The SMILES string of the molecule is CC1CN(C2CCCCC2)C(F)C(C)O1. The van der Waals surface area contributed by atoms with E-state index in [0.29, 0.717) is 6.04 Å². The Hall–Kier alpha value is -0.150. The summed E-state index contributed by atoms with van der Waals surface area (Å²) in [6, 6.07) is 0.461. The molecule has 0 spiro atoms. The van der Waals surface area contributed by atoms with E-state index in [2.05, 4.69) is 0 Å². The van der Waals surface area contributed by atoms with E-state index in [1.807, 2.05) is 18.7 Å². The van der Waals surface area contributed by atoms with Crippen LogP contribution in [0.1, 0.15) is 46.0 Å². The zero-order valence-electron chi connectivity index (χ0n) is 9.79. The summed E-state index contributed by atoms with van der Waals surface area (Å²) in [6.45, 7) is 4.64. The molecule has 88 valence electrons. The minimum Gasteiger partial charge on any atom is -0.370 e. The first-order chi connectivity index (χ1) is 7.18. The number of nitrogens with zero attached hydrogens (tertiary/aromatic N) is 1. The fourth-order valence-corrected chi connectivity index (χ4v) is 2.90. The monoisotopic (exact) mass is 215 g/mol. The maximum atomic E-state index is 14.0. The number of hydrogen-bond acceptors (Lipinski definition) is 2. The molecule has 0 aromatic rings. The van der Waals surface area contributed by atoms with E-state index in [0.717, 1.165) is 6.54 Å². The smallest absolute Gasteiger partial charge is 0.180 e. The zero-order chi connectivity index (χ0) is 10.8. The Balaban J connectivity index is 1.98. The van der Waals surface area contributed by atoms with E-state index in [4.69, 9.17) is 4.74 Å². The molecular formula is C12H22FNO. The van der Waals surface area contributed by atoms with Crippen LogP contribution < -0.4 is 0 Å². The van der Waals surface area contributed by atoms with Gasteiger partial charge in [0.25, 0.3) is 0 Å². The van der Waals surface area contributed by atoms with Crippen LogP contribution in [-0.2, 0) is 4.74 Å². The molecular weight excluding hydrogens is 193 g/mol. The van der Waals surface area contributed by atoms with Gasteiger partial charge in [-0.3, -0.25) is 4.90 Å². The molecule has 3 heteroatoms. The van der Waals surface area contributed by atoms with Crippen LogP contribution in [0.25, 0.3) is 0 Å². The highest BCUT2D eigenvalue weighted by molar-refractivity contribution is 4.84. The van der Waals surface area contributed by atoms with E-state index >= 15 is 0 Å². The fourth-order valence-electron chi connectivity index (χ4n) is 2.90. The summed E-state index contributed by atoms with van der Waals surface area (Å²) in [4.78, 5) is 2.04. The Morgan fingerprint density at radius 1 is 1.13 bits per heavy atom. The first kappa shape index (κ1) is 11.3. The molecule has 0 aromatic heterocycles. The predicted octanol–water partition coefficient (Wildman–Crippen LogP) is 2.72. The van der Waals surface area contributed by atoms with E-state index < -0.39 is 6.30 Å². The van der Waals surface area contributed by atoms with Crippen molar-refractivity contribution in [2.45, 2.75) is 70.5 Å². The van der Waals surface area contributed by atoms with Gasteiger partial charge in [-0.2, -0.15) is 0 Å². The molecule has 0 N–H and O–H groups in total. The van der Waals surface area contributed by atoms with Gasteiger partial charge in [0.15, 0.2) is 6.30 Å². The number of morpholine rings is 1. The maximum Gasteiger partial charge on any atom is 0.180 e. The second kappa shape index (κ2) is 4.79. The molecule has 2 aliphatic rings. The molecule has 0 radical (unpaired) electrons. The van der Waals surface area contributed by atoms with Gasteiger partial charge in [-0.1, -0.05) is 19.3 Å². The maximum absolute atomic E-state index is 14.0. The summed E-state index contributed by atoms with van der Waals surface area (Å²) in [7, 11) is 0. The van der Waals surface area contributed by atoms with Crippen LogP contribution in [0.2, 0.25) is 0 Å². The Labute approximate surface area is 91.8 Å². The number of rotatable bonds is 1. The highest BCUT2D eigenvalue weighted by atomic mass is 19.1. The highest BCUT2D eigenvalue weighted by Gasteiger charge is 2.36. The van der Waals surface area contributed by atoms with Crippen molar-refractivity contribution in [1.29, 1.82) is 0 Å². The molecule has 2 fully saturated rings. The first-order valence-electron chi connectivity index (χ1n) is 6.24. The highest BCUT2D eigenvalue weighted by Crippen LogP contribution is 2.29. The van der Waals surface area contributed by atoms with Crippen molar-refractivity contribution in [3.05, 3.63) is 0 Å². The second-order valence-corrected chi connectivity index (χ2v) is 5.01. The van der Waals surface area contributed by atoms with Crippen LogP contribution in [-0.4, -0.2) is 36.0 Å². The Bertz CT molecular complexity index is 206. The van der Waals surface area contributed by atoms with Crippen molar-refractivity contribution in [3.63, 3.8) is 0 Å². The zero-order valence-corrected chi connectivity index (χ0v) is 9.79. The number of alkyl halides is 1. The van der Waals surface area contributed by atoms with Gasteiger partial charge in [-0.05, 0) is 26.7 Å². The predicted molar refractivity (Wildman–Crippen MR) is 58.5 cm³/mol. The summed E-state index contributed by atoms with van der Waals surface area (Å²) in [5, 5.41) is 0. The fraction of sp³-hybridized carbons (Fsp3) is 1.00. The quantitative estimate of drug-likeness (QED) is 0.624. The molecule has 1 aliphatic carbocycles. The molecule has 3 atom stereocenters. The standard InChI is InChI=1S/C12H22FNO/c1-9-8-14(12(13)10(2)15-9)11-6-4-3-5-7-11/h9-12H,3-8H2,1-2H3. The van der Waals surface area contributed by atoms with Crippen LogP contribution in [0.15, 0.2) is 0 Å². The van der Waals surface area contributed by atoms with Gasteiger partial charge in [0.05, 0.1) is 12.2 Å². The third-order valence-electron chi connectivity index (χ3n) is 3.66. The third-order valence-corrected chi connectivity index (χ3v) is 3.66. The number of hydrogen-bond donors (Lipinski definition) is 0. The minimum atomic E-state index is -0.899. The molecule has 1 heterocycles. The molecule has 2 rings (SSSR count). The lowest BCUT2D eigenvalue weighted by Gasteiger charge is -2.44. The average Bonchev–Trinajstić information content (AvgIpc) is 2.24. The van der Waals surface area contributed by atoms with Crippen LogP contribution in [0.3, 0.4) is 0 Å². The van der Waals surface area contributed by atoms with E-state index in [9.17, 15) is 4.39 Å². The third kappa shape index (κ3) is 2.51. The molecule has 2 nitrogen and oxygen atoms in total. The molecule has 3 unspecified atom stereocenters. The van der Waals surface area contributed by atoms with Crippen LogP contribution in [0.4, 0.5) is 4.39 Å². The number of halogens is 1. The lowest BCUT2D eigenvalue weighted by atomic mass is 9.93. The van der Waals surface area contributed by atoms with Gasteiger partial charge >= 0.3 is 0 Å². The Morgan fingerprint density at radius 3 is 2.47 bits per heavy atom. The first-order valence-corrected chi connectivity index (χ1v) is 6.24. The van der Waals surface area contributed by atoms with Crippen molar-refractivity contribution in [3.8, 4) is 0 Å². The Kier molecular flexibility index (Phi) is 3.62. The van der Waals surface area contributed by atoms with Crippen molar-refractivity contribution in [2.75, 3.05) is 6.54 Å². The van der Waals surface area contributed by atoms with Crippen LogP contribution >= 0.6 is 0 Å². The van der Waals surface area contributed by atoms with Gasteiger partial charge in [-0.15, -0.1) is 0 Å². The summed E-state index contributed by atoms with van der Waals surface area (Å²) in [5.41, 5.74) is 0. The molecule has 0 bridgehead atoms. The van der Waals surface area contributed by atoms with E-state index in [-0.39, 0.29) is 12.2 Å². The molecule has 1 aliphatic heterocycles. The topological polar surface area (TPSA) is 12.5 Å². The van der Waals surface area contributed by atoms with Crippen molar-refractivity contribution < 1.29 is 9.13 Å². The summed E-state index contributed by atoms with van der Waals surface area (Å²) >= 11 is 0. The molecule has 0 aromatic carbocycles. The lowest BCUT2D eigenvalue weighted by Crippen LogP contribution is -2.55. The van der Waals surface area contributed by atoms with Crippen molar-refractivity contribution in [1.82, 2.24) is 4.90 Å². The van der Waals surface area contributed by atoms with Gasteiger partial charge < -0.3 is 4.74 Å². The molecule has 1 saturated carbocycles. The van der Waals surface area contributed by atoms with E-state index in [1.165, 1.54) is 32.1 Å². The van der Waals surface area contributed by atoms with Crippen molar-refractivity contribution >= 4 is 0 Å². The lowest BCUT2D eigenvalue weighted by molar-refractivity contribution is -0.161. The normalized spacial score (nSPS) is 40.6. The molecule has 1 saturated heterocycles. The largest absolute Gasteiger partial charge is 0.370 e. The summed E-state index contributed by atoms with van der Waals surface area (Å²) in [6.07, 6.45) is 5.19. The Morgan fingerprint density at radius 2 is 1.80 bits per heavy atom. The van der Waals surface area contributed by atoms with Gasteiger partial charge in [-0.25, -0.2) is 4.39 Å². The average molecular weight is 215 g/mol. The van der Waals surface area contributed by atoms with Gasteiger partial charge in [0.2, 0.25) is 0 Å². The number of ether oxygens (including phenoxy) is 1. The molecule has 0 amide bonds. The van der Waals surface area contributed by atoms with E-state index in [1.54, 1.807) is 0 Å². The minimum absolute atomic E-state index is 0.175. The summed E-state index contributed by atoms with van der Waals surface area (Å²) < 4.78 is 19.5. The molecule has 15 heavy (non-hydrogen) atoms. The van der Waals surface area contributed by atoms with Gasteiger partial charge in [0.1, 0.15) is 0 Å². The van der Waals surface area contributed by atoms with Crippen molar-refractivity contribution in [2.24, 2.45) is 0 Å². The van der Waals surface area contributed by atoms with Gasteiger partial charge in [0, 0.05) is 12.6 Å². The van der Waals surface area contributed by atoms with Crippen LogP contribution in [0, 0.1) is 0 Å². The summed E-state index contributed by atoms with van der Waals surface area (Å²) in [5.74, 6) is 0.